The van der Waals surface area contributed by atoms with Crippen molar-refractivity contribution in [2.45, 2.75) is 0 Å². The van der Waals surface area contributed by atoms with Gasteiger partial charge < -0.3 is 0 Å². The lowest BCUT2D eigenvalue weighted by atomic mass is 10.1. The molecule has 2 nitrogen and oxygen atoms in total. The molecule has 0 aliphatic rings. The largest absolute Gasteiger partial charge is 0.289 e. The summed E-state index contributed by atoms with van der Waals surface area (Å²) < 4.78 is 0. The topological polar surface area (TPSA) is 30.0 Å². The van der Waals surface area contributed by atoms with Gasteiger partial charge in [0, 0.05) is 18.0 Å². The molecule has 0 bridgehead atoms. The van der Waals surface area contributed by atoms with Crippen molar-refractivity contribution in [3.8, 4) is 23.0 Å². The van der Waals surface area contributed by atoms with Crippen molar-refractivity contribution in [3.05, 3.63) is 54.4 Å². The lowest BCUT2D eigenvalue weighted by molar-refractivity contribution is -0.103. The normalized spacial score (nSPS) is 9.00. The van der Waals surface area contributed by atoms with E-state index in [4.69, 9.17) is 0 Å². The molecule has 0 saturated heterocycles. The third kappa shape index (κ3) is 2.34. The second-order valence-electron chi connectivity index (χ2n) is 3.20. The van der Waals surface area contributed by atoms with Crippen LogP contribution < -0.4 is 0 Å². The monoisotopic (exact) mass is 207 g/mol. The van der Waals surface area contributed by atoms with E-state index in [0.29, 0.717) is 6.29 Å². The molecule has 1 aromatic carbocycles. The predicted molar refractivity (Wildman–Crippen MR) is 62.6 cm³/mol. The molecule has 2 aromatic rings. The van der Waals surface area contributed by atoms with E-state index in [2.05, 4.69) is 16.8 Å². The van der Waals surface area contributed by atoms with Gasteiger partial charge in [-0.3, -0.25) is 9.78 Å². The van der Waals surface area contributed by atoms with Crippen LogP contribution >= 0.6 is 0 Å². The maximum Gasteiger partial charge on any atom is 0.193 e. The molecule has 2 rings (SSSR count). The Balaban J connectivity index is 2.30. The van der Waals surface area contributed by atoms with E-state index in [1.54, 1.807) is 12.4 Å². The average molecular weight is 207 g/mol. The number of hydrogen-bond acceptors (Lipinski definition) is 2. The summed E-state index contributed by atoms with van der Waals surface area (Å²) in [5, 5.41) is 0. The van der Waals surface area contributed by atoms with Gasteiger partial charge in [-0.2, -0.15) is 0 Å². The van der Waals surface area contributed by atoms with Gasteiger partial charge in [-0.25, -0.2) is 0 Å². The molecule has 2 heteroatoms. The van der Waals surface area contributed by atoms with Crippen LogP contribution in [0.5, 0.6) is 0 Å². The molecular weight excluding hydrogens is 198 g/mol. The summed E-state index contributed by atoms with van der Waals surface area (Å²) in [6, 6.07) is 11.6. The zero-order chi connectivity index (χ0) is 11.2. The van der Waals surface area contributed by atoms with Crippen LogP contribution in [0.3, 0.4) is 0 Å². The number of hydrogen-bond donors (Lipinski definition) is 0. The number of carbonyl (C=O) groups excluding carboxylic acids is 1. The molecule has 0 aliphatic carbocycles. The third-order valence-electron chi connectivity index (χ3n) is 2.17. The van der Waals surface area contributed by atoms with Crippen molar-refractivity contribution in [1.29, 1.82) is 0 Å². The van der Waals surface area contributed by atoms with Crippen LogP contribution in [-0.4, -0.2) is 11.3 Å². The lowest BCUT2D eigenvalue weighted by Gasteiger charge is -2.00. The van der Waals surface area contributed by atoms with Crippen LogP contribution in [0.15, 0.2) is 48.8 Å². The first-order chi connectivity index (χ1) is 7.90. The molecule has 16 heavy (non-hydrogen) atoms. The van der Waals surface area contributed by atoms with E-state index in [9.17, 15) is 4.79 Å². The van der Waals surface area contributed by atoms with E-state index in [1.165, 1.54) is 0 Å². The molecule has 0 atom stereocenters. The number of aldehydes is 1. The number of nitrogens with zero attached hydrogens (tertiary/aromatic N) is 1. The zero-order valence-corrected chi connectivity index (χ0v) is 8.55. The fourth-order valence-corrected chi connectivity index (χ4v) is 1.40. The predicted octanol–water partition coefficient (Wildman–Crippen LogP) is 2.30. The Kier molecular flexibility index (Phi) is 3.10. The quantitative estimate of drug-likeness (QED) is 0.530. The molecule has 0 aliphatic heterocycles. The van der Waals surface area contributed by atoms with Gasteiger partial charge in [0.2, 0.25) is 0 Å². The summed E-state index contributed by atoms with van der Waals surface area (Å²) in [5.41, 5.74) is 3.06. The Morgan fingerprint density at radius 2 is 1.56 bits per heavy atom. The minimum atomic E-state index is 0.594. The first kappa shape index (κ1) is 10.1. The molecule has 0 radical (unpaired) electrons. The van der Waals surface area contributed by atoms with Crippen LogP contribution in [0.25, 0.3) is 11.1 Å². The molecule has 1 aromatic heterocycles. The van der Waals surface area contributed by atoms with Crippen LogP contribution in [0, 0.1) is 11.8 Å². The maximum absolute atomic E-state index is 10.1. The third-order valence-corrected chi connectivity index (χ3v) is 2.17. The Morgan fingerprint density at radius 3 is 2.19 bits per heavy atom. The highest BCUT2D eigenvalue weighted by Gasteiger charge is 1.95. The van der Waals surface area contributed by atoms with Gasteiger partial charge in [-0.05, 0) is 41.3 Å². The van der Waals surface area contributed by atoms with Gasteiger partial charge in [0.1, 0.15) is 0 Å². The van der Waals surface area contributed by atoms with Crippen molar-refractivity contribution in [1.82, 2.24) is 4.98 Å². The highest BCUT2D eigenvalue weighted by molar-refractivity contribution is 5.74. The zero-order valence-electron chi connectivity index (χ0n) is 8.55. The highest BCUT2D eigenvalue weighted by atomic mass is 16.1. The summed E-state index contributed by atoms with van der Waals surface area (Å²) in [6.07, 6.45) is 4.11. The molecule has 0 fully saturated rings. The lowest BCUT2D eigenvalue weighted by Crippen LogP contribution is -1.79. The second-order valence-corrected chi connectivity index (χ2v) is 3.20. The Bertz CT molecular complexity index is 532. The van der Waals surface area contributed by atoms with Crippen molar-refractivity contribution < 1.29 is 4.79 Å². The molecular formula is C14H9NO. The van der Waals surface area contributed by atoms with Crippen molar-refractivity contribution >= 4 is 6.29 Å². The summed E-state index contributed by atoms with van der Waals surface area (Å²) in [5.74, 6) is 5.13. The van der Waals surface area contributed by atoms with E-state index in [0.717, 1.165) is 16.7 Å². The summed E-state index contributed by atoms with van der Waals surface area (Å²) in [6.45, 7) is 0. The van der Waals surface area contributed by atoms with Gasteiger partial charge in [0.15, 0.2) is 6.29 Å². The number of pyridine rings is 1. The van der Waals surface area contributed by atoms with Crippen LogP contribution in [0.1, 0.15) is 5.56 Å². The van der Waals surface area contributed by atoms with Gasteiger partial charge in [0.05, 0.1) is 0 Å². The summed E-state index contributed by atoms with van der Waals surface area (Å²) in [7, 11) is 0. The maximum atomic E-state index is 10.1. The van der Waals surface area contributed by atoms with E-state index < -0.39 is 0 Å². The Hall–Kier alpha value is -2.40. The number of benzene rings is 1. The Morgan fingerprint density at radius 1 is 0.938 bits per heavy atom. The fraction of sp³-hybridized carbons (Fsp3) is 0. The first-order valence-electron chi connectivity index (χ1n) is 4.86. The van der Waals surface area contributed by atoms with E-state index in [1.807, 2.05) is 36.4 Å². The SMILES string of the molecule is O=CC#Cc1ccc(-c2ccncc2)cc1. The summed E-state index contributed by atoms with van der Waals surface area (Å²) in [4.78, 5) is 14.1. The van der Waals surface area contributed by atoms with Crippen LogP contribution in [-0.2, 0) is 4.79 Å². The smallest absolute Gasteiger partial charge is 0.193 e. The van der Waals surface area contributed by atoms with Crippen LogP contribution in [0.2, 0.25) is 0 Å². The van der Waals surface area contributed by atoms with E-state index >= 15 is 0 Å². The highest BCUT2D eigenvalue weighted by Crippen LogP contribution is 2.18. The number of carbonyl (C=O) groups is 1. The molecule has 1 heterocycles. The molecule has 0 N–H and O–H groups in total. The van der Waals surface area contributed by atoms with Gasteiger partial charge in [-0.1, -0.05) is 18.1 Å². The molecule has 0 unspecified atom stereocenters. The Labute approximate surface area is 94.0 Å². The molecule has 0 saturated carbocycles. The van der Waals surface area contributed by atoms with Crippen LogP contribution in [0.4, 0.5) is 0 Å². The molecule has 0 spiro atoms. The number of rotatable bonds is 1. The average Bonchev–Trinajstić information content (AvgIpc) is 2.38. The minimum Gasteiger partial charge on any atom is -0.289 e. The van der Waals surface area contributed by atoms with E-state index in [-0.39, 0.29) is 0 Å². The van der Waals surface area contributed by atoms with Gasteiger partial charge in [0.25, 0.3) is 0 Å². The number of aromatic nitrogens is 1. The molecule has 76 valence electrons. The van der Waals surface area contributed by atoms with Gasteiger partial charge in [-0.15, -0.1) is 0 Å². The summed E-state index contributed by atoms with van der Waals surface area (Å²) >= 11 is 0. The van der Waals surface area contributed by atoms with Crippen molar-refractivity contribution in [3.63, 3.8) is 0 Å². The fourth-order valence-electron chi connectivity index (χ4n) is 1.40. The van der Waals surface area contributed by atoms with Crippen molar-refractivity contribution in [2.24, 2.45) is 0 Å². The van der Waals surface area contributed by atoms with Crippen molar-refractivity contribution in [2.75, 3.05) is 0 Å². The standard InChI is InChI=1S/C14H9NO/c16-11-1-2-12-3-5-13(6-4-12)14-7-9-15-10-8-14/h3-11H. The second kappa shape index (κ2) is 4.90. The minimum absolute atomic E-state index is 0.594. The first-order valence-corrected chi connectivity index (χ1v) is 4.86. The molecule has 0 amide bonds. The van der Waals surface area contributed by atoms with Gasteiger partial charge >= 0.3 is 0 Å².